The van der Waals surface area contributed by atoms with E-state index in [9.17, 15) is 0 Å². The minimum absolute atomic E-state index is 0.242. The van der Waals surface area contributed by atoms with Crippen molar-refractivity contribution in [3.63, 3.8) is 0 Å². The fourth-order valence-corrected chi connectivity index (χ4v) is 2.84. The molecular weight excluding hydrogens is 252 g/mol. The van der Waals surface area contributed by atoms with Crippen molar-refractivity contribution in [2.45, 2.75) is 25.0 Å². The normalized spacial score (nSPS) is 28.1. The molecule has 2 atom stereocenters. The third-order valence-corrected chi connectivity index (χ3v) is 3.80. The van der Waals surface area contributed by atoms with Gasteiger partial charge < -0.3 is 10.1 Å². The lowest BCUT2D eigenvalue weighted by atomic mass is 10.2. The summed E-state index contributed by atoms with van der Waals surface area (Å²) in [6.07, 6.45) is 4.50. The molecule has 2 saturated heterocycles. The van der Waals surface area contributed by atoms with E-state index in [1.807, 2.05) is 0 Å². The zero-order chi connectivity index (χ0) is 12.4. The standard InChI is InChI=1S/C12H17ClN4O/c13-12-4-9(5-15-16-12)14-6-11-7-17-3-1-2-10(17)8-18-11/h4-5,10-11H,1-3,6-8H2,(H,14,16). The molecule has 1 aromatic rings. The van der Waals surface area contributed by atoms with Gasteiger partial charge in [-0.15, -0.1) is 5.10 Å². The van der Waals surface area contributed by atoms with Crippen LogP contribution < -0.4 is 5.32 Å². The Kier molecular flexibility index (Phi) is 3.63. The van der Waals surface area contributed by atoms with Crippen LogP contribution in [0.3, 0.4) is 0 Å². The topological polar surface area (TPSA) is 50.3 Å². The molecule has 1 aromatic heterocycles. The number of aromatic nitrogens is 2. The van der Waals surface area contributed by atoms with Crippen molar-refractivity contribution < 1.29 is 4.74 Å². The smallest absolute Gasteiger partial charge is 0.153 e. The average Bonchev–Trinajstić information content (AvgIpc) is 2.84. The summed E-state index contributed by atoms with van der Waals surface area (Å²) in [6, 6.07) is 2.43. The molecule has 2 aliphatic rings. The molecular formula is C12H17ClN4O. The molecule has 1 N–H and O–H groups in total. The number of anilines is 1. The number of morpholine rings is 1. The van der Waals surface area contributed by atoms with Crippen LogP contribution in [-0.2, 0) is 4.74 Å². The molecule has 5 nitrogen and oxygen atoms in total. The maximum Gasteiger partial charge on any atom is 0.153 e. The molecule has 2 aliphatic heterocycles. The summed E-state index contributed by atoms with van der Waals surface area (Å²) in [4.78, 5) is 2.54. The van der Waals surface area contributed by atoms with Gasteiger partial charge in [-0.05, 0) is 19.4 Å². The molecule has 2 unspecified atom stereocenters. The van der Waals surface area contributed by atoms with Gasteiger partial charge in [0.15, 0.2) is 5.15 Å². The summed E-state index contributed by atoms with van der Waals surface area (Å²) in [7, 11) is 0. The Morgan fingerprint density at radius 1 is 1.56 bits per heavy atom. The van der Waals surface area contributed by atoms with Gasteiger partial charge in [0.2, 0.25) is 0 Å². The largest absolute Gasteiger partial charge is 0.381 e. The van der Waals surface area contributed by atoms with Crippen molar-refractivity contribution in [1.29, 1.82) is 0 Å². The lowest BCUT2D eigenvalue weighted by molar-refractivity contribution is -0.0415. The van der Waals surface area contributed by atoms with Crippen LogP contribution >= 0.6 is 11.6 Å². The minimum atomic E-state index is 0.242. The number of halogens is 1. The summed E-state index contributed by atoms with van der Waals surface area (Å²) < 4.78 is 5.87. The summed E-state index contributed by atoms with van der Waals surface area (Å²) >= 11 is 5.79. The van der Waals surface area contributed by atoms with E-state index < -0.39 is 0 Å². The second-order valence-electron chi connectivity index (χ2n) is 4.89. The number of hydrogen-bond donors (Lipinski definition) is 1. The zero-order valence-corrected chi connectivity index (χ0v) is 10.9. The Hall–Kier alpha value is -0.910. The molecule has 3 heterocycles. The predicted molar refractivity (Wildman–Crippen MR) is 69.9 cm³/mol. The molecule has 0 spiro atoms. The third kappa shape index (κ3) is 2.74. The van der Waals surface area contributed by atoms with Gasteiger partial charge in [-0.25, -0.2) is 0 Å². The lowest BCUT2D eigenvalue weighted by Gasteiger charge is -2.35. The summed E-state index contributed by atoms with van der Waals surface area (Å²) in [5.41, 5.74) is 0.891. The van der Waals surface area contributed by atoms with E-state index >= 15 is 0 Å². The Labute approximate surface area is 111 Å². The lowest BCUT2D eigenvalue weighted by Crippen LogP contribution is -2.48. The Bertz CT molecular complexity index is 417. The summed E-state index contributed by atoms with van der Waals surface area (Å²) in [5.74, 6) is 0. The van der Waals surface area contributed by atoms with Crippen LogP contribution in [0.1, 0.15) is 12.8 Å². The first-order valence-electron chi connectivity index (χ1n) is 6.39. The molecule has 2 fully saturated rings. The van der Waals surface area contributed by atoms with Crippen molar-refractivity contribution >= 4 is 17.3 Å². The summed E-state index contributed by atoms with van der Waals surface area (Å²) in [5, 5.41) is 11.2. The van der Waals surface area contributed by atoms with Crippen LogP contribution in [0.25, 0.3) is 0 Å². The van der Waals surface area contributed by atoms with Crippen LogP contribution in [0.5, 0.6) is 0 Å². The fraction of sp³-hybridized carbons (Fsp3) is 0.667. The number of nitrogens with one attached hydrogen (secondary N) is 1. The number of hydrogen-bond acceptors (Lipinski definition) is 5. The molecule has 0 saturated carbocycles. The van der Waals surface area contributed by atoms with Crippen molar-refractivity contribution in [1.82, 2.24) is 15.1 Å². The quantitative estimate of drug-likeness (QED) is 0.898. The van der Waals surface area contributed by atoms with Gasteiger partial charge in [0.1, 0.15) is 0 Å². The van der Waals surface area contributed by atoms with Gasteiger partial charge in [-0.3, -0.25) is 4.90 Å². The highest BCUT2D eigenvalue weighted by molar-refractivity contribution is 6.29. The molecule has 0 amide bonds. The maximum atomic E-state index is 5.87. The van der Waals surface area contributed by atoms with Crippen molar-refractivity contribution in [3.8, 4) is 0 Å². The molecule has 98 valence electrons. The molecule has 0 radical (unpaired) electrons. The SMILES string of the molecule is Clc1cc(NCC2CN3CCCC3CO2)cnn1. The van der Waals surface area contributed by atoms with E-state index in [0.717, 1.165) is 25.4 Å². The monoisotopic (exact) mass is 268 g/mol. The van der Waals surface area contributed by atoms with E-state index in [1.165, 1.54) is 19.4 Å². The fourth-order valence-electron chi connectivity index (χ4n) is 2.68. The highest BCUT2D eigenvalue weighted by Gasteiger charge is 2.31. The van der Waals surface area contributed by atoms with Crippen LogP contribution in [0, 0.1) is 0 Å². The van der Waals surface area contributed by atoms with Crippen molar-refractivity contribution in [2.24, 2.45) is 0 Å². The first-order valence-corrected chi connectivity index (χ1v) is 6.77. The van der Waals surface area contributed by atoms with Gasteiger partial charge in [-0.1, -0.05) is 11.6 Å². The number of rotatable bonds is 3. The molecule has 0 aromatic carbocycles. The molecule has 0 bridgehead atoms. The van der Waals surface area contributed by atoms with Crippen molar-refractivity contribution in [2.75, 3.05) is 31.6 Å². The molecule has 3 rings (SSSR count). The van der Waals surface area contributed by atoms with Crippen LogP contribution in [0.4, 0.5) is 5.69 Å². The highest BCUT2D eigenvalue weighted by atomic mass is 35.5. The van der Waals surface area contributed by atoms with E-state index in [2.05, 4.69) is 20.4 Å². The van der Waals surface area contributed by atoms with Gasteiger partial charge in [0.05, 0.1) is 24.6 Å². The second kappa shape index (κ2) is 5.38. The average molecular weight is 269 g/mol. The summed E-state index contributed by atoms with van der Waals surface area (Å²) in [6.45, 7) is 3.88. The molecule has 18 heavy (non-hydrogen) atoms. The van der Waals surface area contributed by atoms with E-state index in [1.54, 1.807) is 12.3 Å². The second-order valence-corrected chi connectivity index (χ2v) is 5.28. The Balaban J connectivity index is 1.51. The molecule has 6 heteroatoms. The van der Waals surface area contributed by atoms with Crippen molar-refractivity contribution in [3.05, 3.63) is 17.4 Å². The molecule has 0 aliphatic carbocycles. The first-order chi connectivity index (χ1) is 8.81. The number of nitrogens with zero attached hydrogens (tertiary/aromatic N) is 3. The zero-order valence-electron chi connectivity index (χ0n) is 10.2. The van der Waals surface area contributed by atoms with Crippen LogP contribution in [0.15, 0.2) is 12.3 Å². The first kappa shape index (κ1) is 12.1. The van der Waals surface area contributed by atoms with Gasteiger partial charge in [0, 0.05) is 25.2 Å². The number of fused-ring (bicyclic) bond motifs is 1. The third-order valence-electron chi connectivity index (χ3n) is 3.62. The van der Waals surface area contributed by atoms with Gasteiger partial charge in [0.25, 0.3) is 0 Å². The number of ether oxygens (including phenoxy) is 1. The predicted octanol–water partition coefficient (Wildman–Crippen LogP) is 1.41. The highest BCUT2D eigenvalue weighted by Crippen LogP contribution is 2.22. The minimum Gasteiger partial charge on any atom is -0.381 e. The van der Waals surface area contributed by atoms with Gasteiger partial charge >= 0.3 is 0 Å². The van der Waals surface area contributed by atoms with E-state index in [-0.39, 0.29) is 6.10 Å². The van der Waals surface area contributed by atoms with Crippen LogP contribution in [0.2, 0.25) is 5.15 Å². The van der Waals surface area contributed by atoms with Gasteiger partial charge in [-0.2, -0.15) is 5.10 Å². The maximum absolute atomic E-state index is 5.87. The Morgan fingerprint density at radius 2 is 2.50 bits per heavy atom. The van der Waals surface area contributed by atoms with E-state index in [0.29, 0.717) is 11.2 Å². The Morgan fingerprint density at radius 3 is 3.39 bits per heavy atom. The van der Waals surface area contributed by atoms with Crippen LogP contribution in [-0.4, -0.2) is 53.5 Å². The van der Waals surface area contributed by atoms with E-state index in [4.69, 9.17) is 16.3 Å².